The summed E-state index contributed by atoms with van der Waals surface area (Å²) in [6.45, 7) is 10.2. The number of ether oxygens (including phenoxy) is 1. The smallest absolute Gasteiger partial charge is 0.166 e. The molecule has 0 aromatic carbocycles. The van der Waals surface area contributed by atoms with Gasteiger partial charge >= 0.3 is 0 Å². The number of hydrogen-bond donors (Lipinski definition) is 0. The summed E-state index contributed by atoms with van der Waals surface area (Å²) in [7, 11) is -1.25. The molecule has 8 aromatic heterocycles. The molecule has 0 bridgehead atoms. The molecule has 0 aliphatic carbocycles. The lowest BCUT2D eigenvalue weighted by Crippen LogP contribution is -2.31. The number of anilines is 2. The van der Waals surface area contributed by atoms with Crippen LogP contribution in [-0.2, 0) is 24.3 Å². The van der Waals surface area contributed by atoms with Gasteiger partial charge < -0.3 is 23.7 Å². The van der Waals surface area contributed by atoms with E-state index < -0.39 is 20.2 Å². The average molecular weight is 1050 g/mol. The van der Waals surface area contributed by atoms with Crippen LogP contribution in [0.3, 0.4) is 0 Å². The van der Waals surface area contributed by atoms with Crippen LogP contribution in [0.1, 0.15) is 48.5 Å². The van der Waals surface area contributed by atoms with Crippen molar-refractivity contribution >= 4 is 65.3 Å². The maximum absolute atomic E-state index is 15.8. The van der Waals surface area contributed by atoms with E-state index >= 15 is 8.78 Å². The molecule has 4 aliphatic rings. The Morgan fingerprint density at radius 3 is 2.01 bits per heavy atom. The zero-order valence-electron chi connectivity index (χ0n) is 41.4. The maximum atomic E-state index is 15.8. The fourth-order valence-corrected chi connectivity index (χ4v) is 14.0. The van der Waals surface area contributed by atoms with Gasteiger partial charge in [0.2, 0.25) is 0 Å². The van der Waals surface area contributed by atoms with E-state index in [1.54, 1.807) is 54.4 Å². The summed E-state index contributed by atoms with van der Waals surface area (Å²) >= 11 is 3.32. The first-order valence-electron chi connectivity index (χ1n) is 25.2. The summed E-state index contributed by atoms with van der Waals surface area (Å²) in [5.74, 6) is 1.72. The van der Waals surface area contributed by atoms with Crippen molar-refractivity contribution in [2.24, 2.45) is 11.8 Å². The number of aryl methyl sites for hydroxylation is 2. The molecule has 2 unspecified atom stereocenters. The minimum absolute atomic E-state index is 0.0259. The summed E-state index contributed by atoms with van der Waals surface area (Å²) in [6, 6.07) is 11.6. The Bertz CT molecular complexity index is 3500. The first-order chi connectivity index (χ1) is 36.0. The Hall–Kier alpha value is -6.72. The molecule has 2 fully saturated rings. The molecule has 4 aliphatic heterocycles. The molecule has 12 rings (SSSR count). The quantitative estimate of drug-likeness (QED) is 0.0658. The number of nitrogens with zero attached hydrogens (tertiary/aromatic N) is 16. The topological polar surface area (TPSA) is 186 Å². The van der Waals surface area contributed by atoms with Gasteiger partial charge in [0.05, 0.1) is 54.4 Å². The highest BCUT2D eigenvalue weighted by molar-refractivity contribution is 7.99. The van der Waals surface area contributed by atoms with Crippen molar-refractivity contribution in [1.29, 1.82) is 10.5 Å². The number of rotatable bonds is 16. The van der Waals surface area contributed by atoms with Crippen LogP contribution in [0, 0.1) is 46.1 Å². The van der Waals surface area contributed by atoms with Crippen molar-refractivity contribution in [3.8, 4) is 34.7 Å². The van der Waals surface area contributed by atoms with E-state index in [0.29, 0.717) is 74.6 Å². The Balaban J connectivity index is 0.852. The first-order valence-corrected chi connectivity index (χ1v) is 30.9. The zero-order valence-corrected chi connectivity index (χ0v) is 44.0. The lowest BCUT2D eigenvalue weighted by molar-refractivity contribution is 0.0899. The second-order valence-electron chi connectivity index (χ2n) is 20.9. The van der Waals surface area contributed by atoms with E-state index in [9.17, 15) is 10.5 Å². The minimum atomic E-state index is -1.25. The summed E-state index contributed by atoms with van der Waals surface area (Å²) in [4.78, 5) is 32.5. The first kappa shape index (κ1) is 48.2. The Labute approximate surface area is 436 Å². The van der Waals surface area contributed by atoms with Crippen molar-refractivity contribution in [3.63, 3.8) is 0 Å². The molecule has 74 heavy (non-hydrogen) atoms. The van der Waals surface area contributed by atoms with Gasteiger partial charge in [-0.2, -0.15) is 20.7 Å². The van der Waals surface area contributed by atoms with E-state index in [2.05, 4.69) is 36.8 Å². The molecule has 22 heteroatoms. The van der Waals surface area contributed by atoms with Crippen LogP contribution in [0.25, 0.3) is 44.6 Å². The van der Waals surface area contributed by atoms with Gasteiger partial charge in [0, 0.05) is 111 Å². The van der Waals surface area contributed by atoms with Crippen molar-refractivity contribution in [2.45, 2.75) is 92.7 Å². The lowest BCUT2D eigenvalue weighted by atomic mass is 9.92. The second-order valence-corrected chi connectivity index (χ2v) is 28.7. The third-order valence-electron chi connectivity index (χ3n) is 15.0. The maximum Gasteiger partial charge on any atom is 0.166 e. The summed E-state index contributed by atoms with van der Waals surface area (Å²) in [5, 5.41) is 34.6. The summed E-state index contributed by atoms with van der Waals surface area (Å²) in [5.41, 5.74) is 6.04. The highest BCUT2D eigenvalue weighted by atomic mass is 32.2. The Morgan fingerprint density at radius 2 is 1.36 bits per heavy atom. The number of hydrogen-bond acceptors (Lipinski definition) is 15. The van der Waals surface area contributed by atoms with Crippen LogP contribution in [0.2, 0.25) is 25.7 Å². The molecule has 378 valence electrons. The normalized spacial score (nSPS) is 18.8. The third kappa shape index (κ3) is 9.09. The van der Waals surface area contributed by atoms with Gasteiger partial charge in [-0.25, -0.2) is 38.7 Å². The van der Waals surface area contributed by atoms with E-state index in [1.165, 1.54) is 6.33 Å². The van der Waals surface area contributed by atoms with Crippen LogP contribution in [0.5, 0.6) is 0 Å². The number of pyridine rings is 2. The number of nitriles is 2. The fourth-order valence-electron chi connectivity index (χ4n) is 11.2. The van der Waals surface area contributed by atoms with Crippen LogP contribution < -0.4 is 9.80 Å². The van der Waals surface area contributed by atoms with Gasteiger partial charge in [0.15, 0.2) is 23.3 Å². The SMILES string of the molecule is C[Si](C)(C)CCOCn1ccc2c(-c3cnn(C(C(C#N)n4ccc5c(-c6cnn([C@@H](CC#N)[C@H]7CCN(c8nc9c(cc8F)CCS9)C7)c6)ncnc54)[C@H]4CCN(c5nc6c(cc5F)CCS6)C4)c3)ncnc21. The fraction of sp³-hybridized carbons (Fsp3) is 0.423. The molecule has 17 nitrogen and oxygen atoms in total. The zero-order chi connectivity index (χ0) is 50.7. The molecule has 0 spiro atoms. The highest BCUT2D eigenvalue weighted by Crippen LogP contribution is 2.43. The summed E-state index contributed by atoms with van der Waals surface area (Å²) in [6.07, 6.45) is 17.6. The van der Waals surface area contributed by atoms with Crippen LogP contribution in [0.4, 0.5) is 20.4 Å². The predicted octanol–water partition coefficient (Wildman–Crippen LogP) is 9.39. The number of aromatic nitrogens is 12. The van der Waals surface area contributed by atoms with Crippen molar-refractivity contribution in [2.75, 3.05) is 54.1 Å². The van der Waals surface area contributed by atoms with Crippen LogP contribution in [-0.4, -0.2) is 111 Å². The van der Waals surface area contributed by atoms with Gasteiger partial charge in [-0.3, -0.25) is 9.36 Å². The van der Waals surface area contributed by atoms with E-state index in [1.807, 2.05) is 65.2 Å². The van der Waals surface area contributed by atoms with Gasteiger partial charge in [0.25, 0.3) is 0 Å². The van der Waals surface area contributed by atoms with E-state index in [-0.39, 0.29) is 35.9 Å². The average Bonchev–Trinajstić information content (AvgIpc) is 4.25. The van der Waals surface area contributed by atoms with Crippen LogP contribution >= 0.6 is 23.5 Å². The number of halogens is 2. The molecular weight excluding hydrogens is 995 g/mol. The molecular formula is C52H54F2N16OS2Si. The van der Waals surface area contributed by atoms with Gasteiger partial charge in [-0.1, -0.05) is 19.6 Å². The molecule has 0 saturated carbocycles. The molecule has 12 heterocycles. The second kappa shape index (κ2) is 19.9. The standard InChI is InChI=1S/C52H54F2N16OS2Si/c1-74(2,3)19-16-71-31-67-14-7-38-44(57-29-59-47(38)67)37-24-62-70(28-37)46(35-6-13-66(26-35)50-41(54)21-33-10-18-73-52(33)64-50)43(22-56)68-15-8-39-45(58-30-60-48(39)68)36-23-61-69(27-36)42(4-11-55)34-5-12-65(25-34)49-40(53)20-32-9-17-72-51(32)63-49/h7-8,14-15,20-21,23-24,27-30,34-35,42-43,46H,4-6,9-10,12-13,16-19,25-26,31H2,1-3H3/t34-,35-,42-,43?,46?/m0/s1. The van der Waals surface area contributed by atoms with Gasteiger partial charge in [0.1, 0.15) is 46.8 Å². The Morgan fingerprint density at radius 1 is 0.770 bits per heavy atom. The molecule has 8 aromatic rings. The van der Waals surface area contributed by atoms with E-state index in [4.69, 9.17) is 39.9 Å². The highest BCUT2D eigenvalue weighted by Gasteiger charge is 2.40. The van der Waals surface area contributed by atoms with Gasteiger partial charge in [-0.15, -0.1) is 23.5 Å². The van der Waals surface area contributed by atoms with Crippen LogP contribution in [0.15, 0.2) is 84.2 Å². The number of thioether (sulfide) groups is 2. The van der Waals surface area contributed by atoms with E-state index in [0.717, 1.165) is 85.5 Å². The molecule has 0 amide bonds. The Kier molecular flexibility index (Phi) is 12.9. The molecule has 5 atom stereocenters. The number of fused-ring (bicyclic) bond motifs is 4. The molecule has 0 N–H and O–H groups in total. The van der Waals surface area contributed by atoms with Crippen molar-refractivity contribution in [1.82, 2.24) is 58.6 Å². The minimum Gasteiger partial charge on any atom is -0.361 e. The predicted molar refractivity (Wildman–Crippen MR) is 282 cm³/mol. The lowest BCUT2D eigenvalue weighted by Gasteiger charge is -2.29. The van der Waals surface area contributed by atoms with Crippen molar-refractivity contribution < 1.29 is 13.5 Å². The van der Waals surface area contributed by atoms with Gasteiger partial charge in [-0.05, 0) is 67.1 Å². The monoisotopic (exact) mass is 1050 g/mol. The molecule has 0 radical (unpaired) electrons. The van der Waals surface area contributed by atoms with Crippen molar-refractivity contribution in [3.05, 3.63) is 96.9 Å². The largest absolute Gasteiger partial charge is 0.361 e. The molecule has 2 saturated heterocycles. The summed E-state index contributed by atoms with van der Waals surface area (Å²) < 4.78 is 44.9. The third-order valence-corrected chi connectivity index (χ3v) is 18.8.